The molecule has 0 aromatic heterocycles. The molecule has 5 nitrogen and oxygen atoms in total. The van der Waals surface area contributed by atoms with Crippen molar-refractivity contribution in [2.45, 2.75) is 45.1 Å². The lowest BCUT2D eigenvalue weighted by Gasteiger charge is -2.29. The highest BCUT2D eigenvalue weighted by Gasteiger charge is 2.22. The molecule has 0 N–H and O–H groups in total. The first-order valence-corrected chi connectivity index (χ1v) is 8.42. The number of hydrogen-bond donors (Lipinski definition) is 0. The fourth-order valence-electron chi connectivity index (χ4n) is 2.03. The third-order valence-electron chi connectivity index (χ3n) is 3.02. The van der Waals surface area contributed by atoms with Crippen LogP contribution in [0.4, 0.5) is 0 Å². The second kappa shape index (κ2) is 12.5. The lowest BCUT2D eigenvalue weighted by Crippen LogP contribution is -2.45. The molecule has 0 aromatic carbocycles. The molecule has 0 aliphatic rings. The van der Waals surface area contributed by atoms with Crippen LogP contribution in [0.25, 0.3) is 0 Å². The number of esters is 1. The summed E-state index contributed by atoms with van der Waals surface area (Å²) in [4.78, 5) is 22.6. The van der Waals surface area contributed by atoms with Crippen LogP contribution in [0.3, 0.4) is 0 Å². The summed E-state index contributed by atoms with van der Waals surface area (Å²) in [5.41, 5.74) is 0. The molecule has 5 heteroatoms. The molecule has 0 spiro atoms. The number of carbonyl (C=O) groups excluding carboxylic acids is 2. The summed E-state index contributed by atoms with van der Waals surface area (Å²) in [5.74, 6) is -1.59. The van der Waals surface area contributed by atoms with Crippen LogP contribution in [0.5, 0.6) is 0 Å². The lowest BCUT2D eigenvalue weighted by atomic mass is 10.2. The summed E-state index contributed by atoms with van der Waals surface area (Å²) in [6, 6.07) is 0. The van der Waals surface area contributed by atoms with E-state index < -0.39 is 12.1 Å². The minimum Gasteiger partial charge on any atom is -0.550 e. The molecule has 136 valence electrons. The van der Waals surface area contributed by atoms with Crippen molar-refractivity contribution in [3.63, 3.8) is 0 Å². The van der Waals surface area contributed by atoms with Crippen molar-refractivity contribution in [3.8, 4) is 0 Å². The number of aliphatic carboxylic acids is 1. The summed E-state index contributed by atoms with van der Waals surface area (Å²) in [5, 5.41) is 10.8. The van der Waals surface area contributed by atoms with Gasteiger partial charge in [-0.25, -0.2) is 0 Å². The standard InChI is InChI=1S/C19H31NO4/c1-5-6-7-8-9-10-11-12-13-14-19(23)24-17(15-18(21)22)16-20(2,3)4/h7-12,17H,5-6,13-16H2,1-4H3/b8-7+,10-9+,12-11+. The van der Waals surface area contributed by atoms with Gasteiger partial charge >= 0.3 is 5.97 Å². The Kier molecular flexibility index (Phi) is 11.5. The minimum absolute atomic E-state index is 0.233. The van der Waals surface area contributed by atoms with E-state index in [1.165, 1.54) is 0 Å². The van der Waals surface area contributed by atoms with Crippen LogP contribution in [0.2, 0.25) is 0 Å². The van der Waals surface area contributed by atoms with E-state index in [1.807, 2.05) is 51.5 Å². The molecule has 0 radical (unpaired) electrons. The zero-order valence-electron chi connectivity index (χ0n) is 15.4. The second-order valence-electron chi connectivity index (χ2n) is 6.73. The topological polar surface area (TPSA) is 66.4 Å². The Balaban J connectivity index is 4.18. The molecule has 0 saturated heterocycles. The van der Waals surface area contributed by atoms with Gasteiger partial charge in [0.1, 0.15) is 6.54 Å². The number of carbonyl (C=O) groups is 2. The smallest absolute Gasteiger partial charge is 0.306 e. The quantitative estimate of drug-likeness (QED) is 0.310. The Hall–Kier alpha value is -1.88. The molecular weight excluding hydrogens is 306 g/mol. The molecule has 0 saturated carbocycles. The van der Waals surface area contributed by atoms with E-state index in [2.05, 4.69) is 13.0 Å². The number of carboxylic acid groups (broad SMARTS) is 1. The molecule has 0 aliphatic heterocycles. The summed E-state index contributed by atoms with van der Waals surface area (Å²) in [6.45, 7) is 2.56. The number of rotatable bonds is 12. The van der Waals surface area contributed by atoms with Crippen LogP contribution in [0.15, 0.2) is 36.5 Å². The van der Waals surface area contributed by atoms with Gasteiger partial charge in [0, 0.05) is 18.8 Å². The highest BCUT2D eigenvalue weighted by Crippen LogP contribution is 2.07. The predicted molar refractivity (Wildman–Crippen MR) is 94.0 cm³/mol. The number of nitrogens with zero attached hydrogens (tertiary/aromatic N) is 1. The summed E-state index contributed by atoms with van der Waals surface area (Å²) >= 11 is 0. The monoisotopic (exact) mass is 337 g/mol. The normalized spacial score (nSPS) is 13.8. The highest BCUT2D eigenvalue weighted by molar-refractivity contribution is 5.71. The van der Waals surface area contributed by atoms with Gasteiger partial charge in [0.2, 0.25) is 0 Å². The Morgan fingerprint density at radius 3 is 2.12 bits per heavy atom. The summed E-state index contributed by atoms with van der Waals surface area (Å²) in [6.07, 6.45) is 13.8. The third kappa shape index (κ3) is 15.0. The third-order valence-corrected chi connectivity index (χ3v) is 3.02. The van der Waals surface area contributed by atoms with Crippen LogP contribution in [0, 0.1) is 0 Å². The van der Waals surface area contributed by atoms with Gasteiger partial charge in [0.05, 0.1) is 21.1 Å². The van der Waals surface area contributed by atoms with E-state index in [0.717, 1.165) is 12.8 Å². The molecular formula is C19H31NO4. The van der Waals surface area contributed by atoms with Crippen molar-refractivity contribution in [2.24, 2.45) is 0 Å². The van der Waals surface area contributed by atoms with Gasteiger partial charge in [-0.15, -0.1) is 0 Å². The zero-order chi connectivity index (χ0) is 18.4. The molecule has 0 fully saturated rings. The molecule has 0 amide bonds. The zero-order valence-corrected chi connectivity index (χ0v) is 15.4. The molecule has 0 bridgehead atoms. The fourth-order valence-corrected chi connectivity index (χ4v) is 2.03. The molecule has 1 unspecified atom stereocenters. The van der Waals surface area contributed by atoms with Crippen molar-refractivity contribution in [3.05, 3.63) is 36.5 Å². The predicted octanol–water partition coefficient (Wildman–Crippen LogP) is 1.99. The van der Waals surface area contributed by atoms with Crippen LogP contribution in [-0.2, 0) is 14.3 Å². The first-order valence-electron chi connectivity index (χ1n) is 8.42. The Morgan fingerprint density at radius 1 is 1.04 bits per heavy atom. The van der Waals surface area contributed by atoms with Crippen LogP contribution in [0.1, 0.15) is 39.0 Å². The molecule has 0 aliphatic carbocycles. The van der Waals surface area contributed by atoms with Crippen molar-refractivity contribution in [1.29, 1.82) is 0 Å². The Morgan fingerprint density at radius 2 is 1.62 bits per heavy atom. The molecule has 1 atom stereocenters. The van der Waals surface area contributed by atoms with E-state index in [1.54, 1.807) is 0 Å². The van der Waals surface area contributed by atoms with Gasteiger partial charge in [-0.1, -0.05) is 49.8 Å². The number of likely N-dealkylation sites (N-methyl/N-ethyl adjacent to an activating group) is 1. The number of unbranched alkanes of at least 4 members (excludes halogenated alkanes) is 1. The molecule has 0 aromatic rings. The average molecular weight is 337 g/mol. The molecule has 0 rings (SSSR count). The number of carboxylic acids is 1. The van der Waals surface area contributed by atoms with E-state index >= 15 is 0 Å². The van der Waals surface area contributed by atoms with Gasteiger partial charge in [-0.3, -0.25) is 4.79 Å². The summed E-state index contributed by atoms with van der Waals surface area (Å²) in [7, 11) is 5.75. The number of allylic oxidation sites excluding steroid dienone is 6. The van der Waals surface area contributed by atoms with Crippen molar-refractivity contribution < 1.29 is 23.9 Å². The van der Waals surface area contributed by atoms with Gasteiger partial charge in [0.25, 0.3) is 0 Å². The van der Waals surface area contributed by atoms with E-state index in [-0.39, 0.29) is 18.8 Å². The van der Waals surface area contributed by atoms with Crippen molar-refractivity contribution in [1.82, 2.24) is 0 Å². The number of quaternary nitrogens is 1. The Labute approximate surface area is 145 Å². The van der Waals surface area contributed by atoms with Crippen molar-refractivity contribution in [2.75, 3.05) is 27.7 Å². The molecule has 24 heavy (non-hydrogen) atoms. The molecule has 0 heterocycles. The van der Waals surface area contributed by atoms with Crippen molar-refractivity contribution >= 4 is 11.9 Å². The largest absolute Gasteiger partial charge is 0.550 e. The van der Waals surface area contributed by atoms with E-state index in [0.29, 0.717) is 17.4 Å². The first-order chi connectivity index (χ1) is 11.2. The summed E-state index contributed by atoms with van der Waals surface area (Å²) < 4.78 is 5.79. The Bertz CT molecular complexity index is 458. The van der Waals surface area contributed by atoms with Gasteiger partial charge in [-0.05, 0) is 12.8 Å². The minimum atomic E-state index is -1.21. The second-order valence-corrected chi connectivity index (χ2v) is 6.73. The fraction of sp³-hybridized carbons (Fsp3) is 0.579. The van der Waals surface area contributed by atoms with Gasteiger partial charge in [0.15, 0.2) is 6.10 Å². The maximum absolute atomic E-state index is 11.8. The van der Waals surface area contributed by atoms with Crippen LogP contribution >= 0.6 is 0 Å². The van der Waals surface area contributed by atoms with Gasteiger partial charge < -0.3 is 19.1 Å². The average Bonchev–Trinajstić information content (AvgIpc) is 2.42. The first kappa shape index (κ1) is 22.1. The number of ether oxygens (including phenoxy) is 1. The van der Waals surface area contributed by atoms with Crippen LogP contribution in [-0.4, -0.2) is 50.2 Å². The van der Waals surface area contributed by atoms with Crippen LogP contribution < -0.4 is 5.11 Å². The van der Waals surface area contributed by atoms with Gasteiger partial charge in [-0.2, -0.15) is 0 Å². The number of hydrogen-bond acceptors (Lipinski definition) is 4. The SMILES string of the molecule is CCC/C=C/C=C/C=C/CCC(=O)OC(CC(=O)[O-])C[N+](C)(C)C. The maximum atomic E-state index is 11.8. The maximum Gasteiger partial charge on any atom is 0.306 e. The van der Waals surface area contributed by atoms with E-state index in [9.17, 15) is 14.7 Å². The van der Waals surface area contributed by atoms with E-state index in [4.69, 9.17) is 4.74 Å². The highest BCUT2D eigenvalue weighted by atomic mass is 16.5. The lowest BCUT2D eigenvalue weighted by molar-refractivity contribution is -0.873.